The minimum atomic E-state index is -0.235. The number of ether oxygens (including phenoxy) is 2. The topological polar surface area (TPSA) is 85.7 Å². The summed E-state index contributed by atoms with van der Waals surface area (Å²) in [7, 11) is 3.57. The van der Waals surface area contributed by atoms with Gasteiger partial charge in [-0.2, -0.15) is 0 Å². The minimum Gasteiger partial charge on any atom is -0.454 e. The van der Waals surface area contributed by atoms with E-state index in [1.54, 1.807) is 54.2 Å². The Bertz CT molecular complexity index is 1100. The van der Waals surface area contributed by atoms with Crippen molar-refractivity contribution in [2.75, 3.05) is 20.4 Å². The standard InChI is InChI=1S/C24H26N4O4/c1-27-13-12-25-22(27)23(29)26-11-10-19(14-17-6-4-3-5-7-17)28(2)24(30)18-8-9-20-21(15-18)32-16-31-20/h3-9,12-13,15,19H,10-11,14,16H2,1-2H3,(H,26,29). The van der Waals surface area contributed by atoms with Gasteiger partial charge in [0.05, 0.1) is 0 Å². The van der Waals surface area contributed by atoms with E-state index >= 15 is 0 Å². The van der Waals surface area contributed by atoms with Gasteiger partial charge in [0.15, 0.2) is 17.3 Å². The van der Waals surface area contributed by atoms with Crippen molar-refractivity contribution < 1.29 is 19.1 Å². The van der Waals surface area contributed by atoms with Gasteiger partial charge < -0.3 is 24.3 Å². The first-order valence-corrected chi connectivity index (χ1v) is 10.5. The molecule has 1 N–H and O–H groups in total. The van der Waals surface area contributed by atoms with Crippen molar-refractivity contribution in [1.82, 2.24) is 19.8 Å². The summed E-state index contributed by atoms with van der Waals surface area (Å²) < 4.78 is 12.4. The molecule has 8 nitrogen and oxygen atoms in total. The molecule has 1 aliphatic rings. The summed E-state index contributed by atoms with van der Waals surface area (Å²) in [4.78, 5) is 31.4. The number of likely N-dealkylation sites (N-methyl/N-ethyl adjacent to an activating group) is 1. The fourth-order valence-electron chi connectivity index (χ4n) is 3.73. The van der Waals surface area contributed by atoms with Gasteiger partial charge in [0.25, 0.3) is 11.8 Å². The van der Waals surface area contributed by atoms with E-state index in [1.807, 2.05) is 30.3 Å². The van der Waals surface area contributed by atoms with Crippen LogP contribution in [0.1, 0.15) is 33.0 Å². The van der Waals surface area contributed by atoms with Crippen LogP contribution in [-0.2, 0) is 13.5 Å². The van der Waals surface area contributed by atoms with Gasteiger partial charge in [-0.3, -0.25) is 9.59 Å². The van der Waals surface area contributed by atoms with E-state index in [2.05, 4.69) is 10.3 Å². The van der Waals surface area contributed by atoms with Crippen molar-refractivity contribution in [3.63, 3.8) is 0 Å². The summed E-state index contributed by atoms with van der Waals surface area (Å²) in [5.74, 6) is 1.22. The first-order valence-electron chi connectivity index (χ1n) is 10.5. The monoisotopic (exact) mass is 434 g/mol. The molecule has 1 atom stereocenters. The van der Waals surface area contributed by atoms with E-state index in [9.17, 15) is 9.59 Å². The third-order valence-corrected chi connectivity index (χ3v) is 5.59. The maximum absolute atomic E-state index is 13.2. The number of hydrogen-bond acceptors (Lipinski definition) is 5. The van der Waals surface area contributed by atoms with Crippen LogP contribution in [0.2, 0.25) is 0 Å². The molecule has 32 heavy (non-hydrogen) atoms. The third kappa shape index (κ3) is 4.74. The lowest BCUT2D eigenvalue weighted by Crippen LogP contribution is -2.41. The fourth-order valence-corrected chi connectivity index (χ4v) is 3.73. The number of carbonyl (C=O) groups excluding carboxylic acids is 2. The third-order valence-electron chi connectivity index (χ3n) is 5.59. The number of benzene rings is 2. The van der Waals surface area contributed by atoms with Crippen molar-refractivity contribution >= 4 is 11.8 Å². The van der Waals surface area contributed by atoms with Crippen LogP contribution in [0.3, 0.4) is 0 Å². The number of imidazole rings is 1. The number of aryl methyl sites for hydroxylation is 1. The molecule has 166 valence electrons. The molecule has 0 fully saturated rings. The minimum absolute atomic E-state index is 0.111. The van der Waals surface area contributed by atoms with Crippen molar-refractivity contribution in [2.45, 2.75) is 18.9 Å². The molecule has 4 rings (SSSR count). The van der Waals surface area contributed by atoms with E-state index < -0.39 is 0 Å². The van der Waals surface area contributed by atoms with Gasteiger partial charge in [-0.05, 0) is 36.6 Å². The maximum Gasteiger partial charge on any atom is 0.287 e. The quantitative estimate of drug-likeness (QED) is 0.589. The molecule has 3 aromatic rings. The number of rotatable bonds is 8. The highest BCUT2D eigenvalue weighted by Crippen LogP contribution is 2.33. The van der Waals surface area contributed by atoms with E-state index in [1.165, 1.54) is 0 Å². The lowest BCUT2D eigenvalue weighted by atomic mass is 10.0. The smallest absolute Gasteiger partial charge is 0.287 e. The molecule has 1 aromatic heterocycles. The number of fused-ring (bicyclic) bond motifs is 1. The van der Waals surface area contributed by atoms with E-state index in [0.717, 1.165) is 5.56 Å². The molecule has 0 spiro atoms. The normalized spacial score (nSPS) is 12.9. The molecule has 8 heteroatoms. The Balaban J connectivity index is 1.46. The van der Waals surface area contributed by atoms with E-state index in [4.69, 9.17) is 9.47 Å². The summed E-state index contributed by atoms with van der Waals surface area (Å²) >= 11 is 0. The predicted molar refractivity (Wildman–Crippen MR) is 119 cm³/mol. The highest BCUT2D eigenvalue weighted by atomic mass is 16.7. The van der Waals surface area contributed by atoms with Gasteiger partial charge in [-0.25, -0.2) is 4.98 Å². The molecular formula is C24H26N4O4. The maximum atomic E-state index is 13.2. The number of carbonyl (C=O) groups is 2. The molecule has 1 unspecified atom stereocenters. The first-order chi connectivity index (χ1) is 15.5. The van der Waals surface area contributed by atoms with Crippen LogP contribution < -0.4 is 14.8 Å². The highest BCUT2D eigenvalue weighted by molar-refractivity contribution is 5.95. The number of aromatic nitrogens is 2. The lowest BCUT2D eigenvalue weighted by molar-refractivity contribution is 0.0722. The number of nitrogens with zero attached hydrogens (tertiary/aromatic N) is 3. The fraction of sp³-hybridized carbons (Fsp3) is 0.292. The Morgan fingerprint density at radius 1 is 1.16 bits per heavy atom. The number of amides is 2. The molecule has 0 saturated heterocycles. The van der Waals surface area contributed by atoms with Gasteiger partial charge in [0.2, 0.25) is 6.79 Å². The molecule has 0 radical (unpaired) electrons. The zero-order chi connectivity index (χ0) is 22.5. The number of nitrogens with one attached hydrogen (secondary N) is 1. The highest BCUT2D eigenvalue weighted by Gasteiger charge is 2.24. The zero-order valence-electron chi connectivity index (χ0n) is 18.2. The molecule has 0 saturated carbocycles. The lowest BCUT2D eigenvalue weighted by Gasteiger charge is -2.29. The summed E-state index contributed by atoms with van der Waals surface area (Å²) in [6.07, 6.45) is 4.58. The van der Waals surface area contributed by atoms with Crippen molar-refractivity contribution in [1.29, 1.82) is 0 Å². The molecule has 2 heterocycles. The van der Waals surface area contributed by atoms with Gasteiger partial charge in [-0.1, -0.05) is 30.3 Å². The van der Waals surface area contributed by atoms with E-state index in [0.29, 0.717) is 42.3 Å². The number of hydrogen-bond donors (Lipinski definition) is 1. The van der Waals surface area contributed by atoms with Crippen molar-refractivity contribution in [3.05, 3.63) is 77.9 Å². The average Bonchev–Trinajstić information content (AvgIpc) is 3.46. The molecule has 2 amide bonds. The predicted octanol–water partition coefficient (Wildman–Crippen LogP) is 2.65. The van der Waals surface area contributed by atoms with Crippen LogP contribution in [0.4, 0.5) is 0 Å². The SMILES string of the molecule is CN(C(=O)c1ccc2c(c1)OCO2)C(CCNC(=O)c1nccn1C)Cc1ccccc1. The average molecular weight is 434 g/mol. The largest absolute Gasteiger partial charge is 0.454 e. The first kappa shape index (κ1) is 21.4. The van der Waals surface area contributed by atoms with Gasteiger partial charge in [-0.15, -0.1) is 0 Å². The zero-order valence-corrected chi connectivity index (χ0v) is 18.2. The van der Waals surface area contributed by atoms with Crippen LogP contribution in [0.5, 0.6) is 11.5 Å². The second kappa shape index (κ2) is 9.55. The Labute approximate surface area is 186 Å². The molecule has 1 aliphatic heterocycles. The van der Waals surface area contributed by atoms with Gasteiger partial charge in [0.1, 0.15) is 0 Å². The van der Waals surface area contributed by atoms with Crippen molar-refractivity contribution in [3.8, 4) is 11.5 Å². The second-order valence-corrected chi connectivity index (χ2v) is 7.73. The molecule has 0 aliphatic carbocycles. The van der Waals surface area contributed by atoms with Crippen LogP contribution in [0, 0.1) is 0 Å². The molecule has 0 bridgehead atoms. The Kier molecular flexibility index (Phi) is 6.39. The summed E-state index contributed by atoms with van der Waals surface area (Å²) in [5.41, 5.74) is 1.66. The summed E-state index contributed by atoms with van der Waals surface area (Å²) in [6.45, 7) is 0.580. The Hall–Kier alpha value is -3.81. The Morgan fingerprint density at radius 2 is 1.94 bits per heavy atom. The van der Waals surface area contributed by atoms with Crippen LogP contribution in [-0.4, -0.2) is 52.7 Å². The van der Waals surface area contributed by atoms with Gasteiger partial charge in [0, 0.05) is 44.6 Å². The Morgan fingerprint density at radius 3 is 2.69 bits per heavy atom. The van der Waals surface area contributed by atoms with Crippen LogP contribution in [0.25, 0.3) is 0 Å². The van der Waals surface area contributed by atoms with Crippen LogP contribution >= 0.6 is 0 Å². The summed E-state index contributed by atoms with van der Waals surface area (Å²) in [6, 6.07) is 15.1. The second-order valence-electron chi connectivity index (χ2n) is 7.73. The van der Waals surface area contributed by atoms with E-state index in [-0.39, 0.29) is 24.6 Å². The van der Waals surface area contributed by atoms with Crippen molar-refractivity contribution in [2.24, 2.45) is 7.05 Å². The molecular weight excluding hydrogens is 408 g/mol. The summed E-state index contributed by atoms with van der Waals surface area (Å²) in [5, 5.41) is 2.91. The van der Waals surface area contributed by atoms with Crippen LogP contribution in [0.15, 0.2) is 60.9 Å². The molecule has 2 aromatic carbocycles. The van der Waals surface area contributed by atoms with Gasteiger partial charge >= 0.3 is 0 Å².